The largest absolute Gasteiger partial charge is 0.480 e. The minimum absolute atomic E-state index is 0.0451. The molecule has 1 aliphatic rings. The Kier molecular flexibility index (Phi) is 5.70. The van der Waals surface area contributed by atoms with Gasteiger partial charge in [-0.05, 0) is 25.1 Å². The van der Waals surface area contributed by atoms with Gasteiger partial charge in [0.25, 0.3) is 11.9 Å². The van der Waals surface area contributed by atoms with E-state index in [4.69, 9.17) is 10.5 Å². The maximum atomic E-state index is 14.9. The van der Waals surface area contributed by atoms with E-state index in [1.807, 2.05) is 0 Å². The van der Waals surface area contributed by atoms with E-state index in [0.717, 1.165) is 31.3 Å². The summed E-state index contributed by atoms with van der Waals surface area (Å²) in [7, 11) is 1.36. The molecular weight excluding hydrogens is 429 g/mol. The minimum atomic E-state index is -5.11. The summed E-state index contributed by atoms with van der Waals surface area (Å²) in [5, 5.41) is 2.38. The Labute approximate surface area is 172 Å². The van der Waals surface area contributed by atoms with Crippen LogP contribution in [0.4, 0.5) is 27.6 Å². The highest BCUT2D eigenvalue weighted by Gasteiger charge is 2.58. The zero-order chi connectivity index (χ0) is 23.0. The summed E-state index contributed by atoms with van der Waals surface area (Å²) < 4.78 is 78.0. The number of nitrogens with two attached hydrogens (primary N) is 1. The second-order valence-electron chi connectivity index (χ2n) is 6.67. The molecule has 0 fully saturated rings. The summed E-state index contributed by atoms with van der Waals surface area (Å²) in [6, 6.07) is 2.01. The maximum absolute atomic E-state index is 14.9. The van der Waals surface area contributed by atoms with Gasteiger partial charge in [-0.15, -0.1) is 0 Å². The highest BCUT2D eigenvalue weighted by atomic mass is 19.4. The van der Waals surface area contributed by atoms with Crippen molar-refractivity contribution in [1.29, 1.82) is 0 Å². The lowest BCUT2D eigenvalue weighted by Gasteiger charge is -2.39. The molecule has 3 atom stereocenters. The van der Waals surface area contributed by atoms with E-state index in [1.165, 1.54) is 13.3 Å². The molecule has 1 aliphatic heterocycles. The van der Waals surface area contributed by atoms with Crippen LogP contribution in [0, 0.1) is 5.82 Å². The Morgan fingerprint density at radius 3 is 2.58 bits per heavy atom. The van der Waals surface area contributed by atoms with Crippen LogP contribution in [-0.4, -0.2) is 47.5 Å². The van der Waals surface area contributed by atoms with Crippen LogP contribution >= 0.6 is 0 Å². The van der Waals surface area contributed by atoms with Gasteiger partial charge in [-0.2, -0.15) is 13.2 Å². The van der Waals surface area contributed by atoms with Crippen LogP contribution in [0.25, 0.3) is 0 Å². The van der Waals surface area contributed by atoms with Gasteiger partial charge in [0, 0.05) is 11.3 Å². The predicted octanol–water partition coefficient (Wildman–Crippen LogP) is 2.71. The standard InChI is InChI=1S/C18H16F5N5O3/c1-17(13(20)14(18(21,22)23)31-16(24)28-17)9-5-8(3-4-10(9)19)27-15(29)11-6-26-12(30-2)7-25-11/h3-7,13-14H,1-2H3,(H2,24,28)(H,27,29). The van der Waals surface area contributed by atoms with E-state index in [1.54, 1.807) is 0 Å². The van der Waals surface area contributed by atoms with Crippen molar-refractivity contribution in [3.05, 3.63) is 47.7 Å². The summed E-state index contributed by atoms with van der Waals surface area (Å²) in [5.41, 5.74) is 2.22. The third-order valence-corrected chi connectivity index (χ3v) is 4.56. The SMILES string of the molecule is COc1cnc(C(=O)Nc2ccc(F)c(C3(C)N=C(N)OC(C(F)(F)F)C3F)c2)cn1. The van der Waals surface area contributed by atoms with Gasteiger partial charge < -0.3 is 20.5 Å². The number of nitrogens with zero attached hydrogens (tertiary/aromatic N) is 3. The van der Waals surface area contributed by atoms with Crippen molar-refractivity contribution in [1.82, 2.24) is 9.97 Å². The molecule has 0 saturated heterocycles. The monoisotopic (exact) mass is 445 g/mol. The molecule has 31 heavy (non-hydrogen) atoms. The predicted molar refractivity (Wildman–Crippen MR) is 97.7 cm³/mol. The first kappa shape index (κ1) is 22.2. The molecule has 3 unspecified atom stereocenters. The van der Waals surface area contributed by atoms with Gasteiger partial charge in [0.2, 0.25) is 12.0 Å². The van der Waals surface area contributed by atoms with Crippen molar-refractivity contribution in [3.63, 3.8) is 0 Å². The van der Waals surface area contributed by atoms with Crippen molar-refractivity contribution < 1.29 is 36.2 Å². The Bertz CT molecular complexity index is 1010. The van der Waals surface area contributed by atoms with Gasteiger partial charge >= 0.3 is 6.18 Å². The van der Waals surface area contributed by atoms with Gasteiger partial charge in [0.15, 0.2) is 6.17 Å². The molecule has 2 heterocycles. The molecule has 2 aromatic rings. The average molecular weight is 445 g/mol. The number of anilines is 1. The molecule has 0 radical (unpaired) electrons. The molecule has 0 aliphatic carbocycles. The molecule has 13 heteroatoms. The number of nitrogens with one attached hydrogen (secondary N) is 1. The van der Waals surface area contributed by atoms with Crippen molar-refractivity contribution in [3.8, 4) is 5.88 Å². The number of aromatic nitrogens is 2. The number of halogens is 5. The Morgan fingerprint density at radius 1 is 1.29 bits per heavy atom. The smallest absolute Gasteiger partial charge is 0.428 e. The van der Waals surface area contributed by atoms with Crippen molar-refractivity contribution >= 4 is 17.6 Å². The highest BCUT2D eigenvalue weighted by Crippen LogP contribution is 2.43. The van der Waals surface area contributed by atoms with Crippen LogP contribution in [0.15, 0.2) is 35.6 Å². The van der Waals surface area contributed by atoms with Gasteiger partial charge in [0.05, 0.1) is 19.5 Å². The lowest BCUT2D eigenvalue weighted by atomic mass is 9.83. The number of benzene rings is 1. The Balaban J connectivity index is 1.94. The molecule has 0 bridgehead atoms. The fraction of sp³-hybridized carbons (Fsp3) is 0.333. The number of amidine groups is 1. The van der Waals surface area contributed by atoms with E-state index in [0.29, 0.717) is 0 Å². The van der Waals surface area contributed by atoms with Crippen LogP contribution in [0.3, 0.4) is 0 Å². The van der Waals surface area contributed by atoms with Gasteiger partial charge in [-0.1, -0.05) is 0 Å². The van der Waals surface area contributed by atoms with E-state index in [2.05, 4.69) is 25.0 Å². The number of alkyl halides is 4. The molecule has 1 aromatic carbocycles. The second kappa shape index (κ2) is 7.96. The second-order valence-corrected chi connectivity index (χ2v) is 6.67. The molecular formula is C18H16F5N5O3. The first-order valence-corrected chi connectivity index (χ1v) is 8.66. The number of carbonyl (C=O) groups excluding carboxylic acids is 1. The average Bonchev–Trinajstić information content (AvgIpc) is 2.71. The first-order valence-electron chi connectivity index (χ1n) is 8.66. The third-order valence-electron chi connectivity index (χ3n) is 4.56. The highest BCUT2D eigenvalue weighted by molar-refractivity contribution is 6.02. The number of hydrogen-bond acceptors (Lipinski definition) is 7. The quantitative estimate of drug-likeness (QED) is 0.700. The summed E-state index contributed by atoms with van der Waals surface area (Å²) in [4.78, 5) is 23.6. The van der Waals surface area contributed by atoms with Crippen molar-refractivity contribution in [2.24, 2.45) is 10.7 Å². The molecule has 3 N–H and O–H groups in total. The first-order chi connectivity index (χ1) is 14.5. The fourth-order valence-electron chi connectivity index (χ4n) is 2.97. The summed E-state index contributed by atoms with van der Waals surface area (Å²) in [5.74, 6) is -1.64. The van der Waals surface area contributed by atoms with Crippen LogP contribution in [-0.2, 0) is 10.3 Å². The lowest BCUT2D eigenvalue weighted by Crippen LogP contribution is -2.55. The van der Waals surface area contributed by atoms with Crippen LogP contribution in [0.5, 0.6) is 5.88 Å². The summed E-state index contributed by atoms with van der Waals surface area (Å²) in [6.07, 6.45) is -8.56. The Morgan fingerprint density at radius 2 is 2.00 bits per heavy atom. The molecule has 1 aromatic heterocycles. The van der Waals surface area contributed by atoms with Crippen molar-refractivity contribution in [2.75, 3.05) is 12.4 Å². The van der Waals surface area contributed by atoms with Gasteiger partial charge in [-0.25, -0.2) is 23.7 Å². The van der Waals surface area contributed by atoms with Crippen LogP contribution in [0.2, 0.25) is 0 Å². The number of methoxy groups -OCH3 is 1. The van der Waals surface area contributed by atoms with E-state index in [-0.39, 0.29) is 17.3 Å². The van der Waals surface area contributed by atoms with Gasteiger partial charge in [0.1, 0.15) is 17.1 Å². The molecule has 8 nitrogen and oxygen atoms in total. The molecule has 1 amide bonds. The maximum Gasteiger partial charge on any atom is 0.428 e. The molecule has 3 rings (SSSR count). The molecule has 0 saturated carbocycles. The van der Waals surface area contributed by atoms with Crippen molar-refractivity contribution in [2.45, 2.75) is 30.9 Å². The zero-order valence-corrected chi connectivity index (χ0v) is 16.1. The van der Waals surface area contributed by atoms with Crippen LogP contribution < -0.4 is 15.8 Å². The number of carbonyl (C=O) groups is 1. The molecule has 0 spiro atoms. The van der Waals surface area contributed by atoms with E-state index < -0.39 is 47.3 Å². The third kappa shape index (κ3) is 4.34. The molecule has 166 valence electrons. The Hall–Kier alpha value is -3.51. The normalized spacial score (nSPS) is 23.5. The van der Waals surface area contributed by atoms with Crippen LogP contribution in [0.1, 0.15) is 23.0 Å². The number of ether oxygens (including phenoxy) is 2. The lowest BCUT2D eigenvalue weighted by molar-refractivity contribution is -0.227. The number of rotatable bonds is 4. The van der Waals surface area contributed by atoms with Gasteiger partial charge in [-0.3, -0.25) is 4.79 Å². The number of aliphatic imine (C=N–C) groups is 1. The number of amides is 1. The summed E-state index contributed by atoms with van der Waals surface area (Å²) >= 11 is 0. The topological polar surface area (TPSA) is 112 Å². The fourth-order valence-corrected chi connectivity index (χ4v) is 2.97. The van der Waals surface area contributed by atoms with E-state index >= 15 is 0 Å². The van der Waals surface area contributed by atoms with E-state index in [9.17, 15) is 26.7 Å². The summed E-state index contributed by atoms with van der Waals surface area (Å²) in [6.45, 7) is 0.949. The zero-order valence-electron chi connectivity index (χ0n) is 16.1. The number of hydrogen-bond donors (Lipinski definition) is 2. The minimum Gasteiger partial charge on any atom is -0.480 e.